The van der Waals surface area contributed by atoms with Crippen molar-refractivity contribution in [1.29, 1.82) is 0 Å². The van der Waals surface area contributed by atoms with Gasteiger partial charge in [0.15, 0.2) is 5.76 Å². The summed E-state index contributed by atoms with van der Waals surface area (Å²) in [4.78, 5) is 34.8. The van der Waals surface area contributed by atoms with Gasteiger partial charge in [-0.3, -0.25) is 25.2 Å². The van der Waals surface area contributed by atoms with Crippen molar-refractivity contribution >= 4 is 17.7 Å². The van der Waals surface area contributed by atoms with Crippen LogP contribution in [0.15, 0.2) is 53.1 Å². The van der Waals surface area contributed by atoms with Crippen molar-refractivity contribution in [2.45, 2.75) is 6.42 Å². The van der Waals surface area contributed by atoms with E-state index in [1.807, 2.05) is 0 Å². The lowest BCUT2D eigenvalue weighted by atomic mass is 10.2. The highest BCUT2D eigenvalue weighted by molar-refractivity contribution is 5.95. The maximum Gasteiger partial charge on any atom is 0.286 e. The summed E-state index contributed by atoms with van der Waals surface area (Å²) in [5, 5.41) is 2.53. The monoisotopic (exact) mass is 301 g/mol. The molecule has 3 N–H and O–H groups in total. The molecule has 0 saturated carbocycles. The van der Waals surface area contributed by atoms with Crippen LogP contribution in [-0.4, -0.2) is 24.3 Å². The van der Waals surface area contributed by atoms with Crippen molar-refractivity contribution in [1.82, 2.24) is 16.2 Å². The fourth-order valence-electron chi connectivity index (χ4n) is 1.64. The smallest absolute Gasteiger partial charge is 0.286 e. The Morgan fingerprint density at radius 3 is 2.36 bits per heavy atom. The number of hydrogen-bond acceptors (Lipinski definition) is 4. The summed E-state index contributed by atoms with van der Waals surface area (Å²) in [5.74, 6) is -1.04. The molecule has 0 bridgehead atoms. The van der Waals surface area contributed by atoms with Crippen molar-refractivity contribution in [3.63, 3.8) is 0 Å². The van der Waals surface area contributed by atoms with Crippen molar-refractivity contribution in [2.24, 2.45) is 0 Å². The largest absolute Gasteiger partial charge is 0.459 e. The minimum absolute atomic E-state index is 0.0293. The molecule has 0 fully saturated rings. The highest BCUT2D eigenvalue weighted by Gasteiger charge is 2.09. The summed E-state index contributed by atoms with van der Waals surface area (Å²) in [6.45, 7) is 0.132. The molecule has 0 radical (unpaired) electrons. The summed E-state index contributed by atoms with van der Waals surface area (Å²) < 4.78 is 4.91. The Hall–Kier alpha value is -3.09. The molecule has 0 aliphatic rings. The quantitative estimate of drug-likeness (QED) is 0.713. The average Bonchev–Trinajstić information content (AvgIpc) is 3.08. The van der Waals surface area contributed by atoms with Gasteiger partial charge >= 0.3 is 0 Å². The fourth-order valence-corrected chi connectivity index (χ4v) is 1.64. The first-order valence-corrected chi connectivity index (χ1v) is 6.63. The third kappa shape index (κ3) is 4.48. The van der Waals surface area contributed by atoms with Crippen molar-refractivity contribution < 1.29 is 18.8 Å². The maximum atomic E-state index is 11.7. The second kappa shape index (κ2) is 7.63. The van der Waals surface area contributed by atoms with E-state index in [-0.39, 0.29) is 18.7 Å². The summed E-state index contributed by atoms with van der Waals surface area (Å²) >= 11 is 0. The molecule has 2 aromatic rings. The standard InChI is InChI=1S/C15H15N3O4/c19-13(8-9-16-15(21)12-7-4-10-22-12)17-18-14(20)11-5-2-1-3-6-11/h1-7,10H,8-9H2,(H,16,21)(H,17,19)(H,18,20). The first kappa shape index (κ1) is 15.3. The molecule has 1 aromatic heterocycles. The maximum absolute atomic E-state index is 11.7. The predicted molar refractivity (Wildman–Crippen MR) is 77.7 cm³/mol. The van der Waals surface area contributed by atoms with Gasteiger partial charge in [0.1, 0.15) is 0 Å². The van der Waals surface area contributed by atoms with E-state index in [0.717, 1.165) is 0 Å². The highest BCUT2D eigenvalue weighted by Crippen LogP contribution is 1.99. The number of hydrogen-bond donors (Lipinski definition) is 3. The first-order chi connectivity index (χ1) is 10.7. The van der Waals surface area contributed by atoms with E-state index in [2.05, 4.69) is 16.2 Å². The molecule has 1 heterocycles. The van der Waals surface area contributed by atoms with Crippen LogP contribution in [0.3, 0.4) is 0 Å². The number of rotatable bonds is 5. The summed E-state index contributed by atoms with van der Waals surface area (Å²) in [6.07, 6.45) is 1.42. The summed E-state index contributed by atoms with van der Waals surface area (Å²) in [7, 11) is 0. The van der Waals surface area contributed by atoms with Crippen LogP contribution in [0.5, 0.6) is 0 Å². The van der Waals surface area contributed by atoms with Crippen LogP contribution in [0.4, 0.5) is 0 Å². The molecule has 7 heteroatoms. The Morgan fingerprint density at radius 2 is 1.68 bits per heavy atom. The van der Waals surface area contributed by atoms with Crippen LogP contribution in [0.25, 0.3) is 0 Å². The molecule has 2 rings (SSSR count). The number of hydrazine groups is 1. The zero-order valence-electron chi connectivity index (χ0n) is 11.7. The van der Waals surface area contributed by atoms with Crippen LogP contribution in [0.2, 0.25) is 0 Å². The van der Waals surface area contributed by atoms with Gasteiger partial charge in [-0.2, -0.15) is 0 Å². The van der Waals surface area contributed by atoms with Crippen molar-refractivity contribution in [3.8, 4) is 0 Å². The molecule has 0 unspecified atom stereocenters. The van der Waals surface area contributed by atoms with Crippen molar-refractivity contribution in [3.05, 3.63) is 60.1 Å². The van der Waals surface area contributed by atoms with E-state index in [4.69, 9.17) is 4.42 Å². The lowest BCUT2D eigenvalue weighted by Gasteiger charge is -2.07. The van der Waals surface area contributed by atoms with Crippen LogP contribution in [0, 0.1) is 0 Å². The van der Waals surface area contributed by atoms with Gasteiger partial charge < -0.3 is 9.73 Å². The average molecular weight is 301 g/mol. The fraction of sp³-hybridized carbons (Fsp3) is 0.133. The number of amides is 3. The third-order valence-corrected chi connectivity index (χ3v) is 2.73. The van der Waals surface area contributed by atoms with Gasteiger partial charge in [-0.15, -0.1) is 0 Å². The van der Waals surface area contributed by atoms with Crippen molar-refractivity contribution in [2.75, 3.05) is 6.54 Å². The molecule has 1 aromatic carbocycles. The number of furan rings is 1. The Morgan fingerprint density at radius 1 is 0.909 bits per heavy atom. The Balaban J connectivity index is 1.66. The molecule has 0 spiro atoms. The molecule has 114 valence electrons. The van der Waals surface area contributed by atoms with Gasteiger partial charge in [-0.05, 0) is 24.3 Å². The van der Waals surface area contributed by atoms with Crippen LogP contribution in [0.1, 0.15) is 27.3 Å². The van der Waals surface area contributed by atoms with E-state index in [9.17, 15) is 14.4 Å². The van der Waals surface area contributed by atoms with Crippen LogP contribution in [-0.2, 0) is 4.79 Å². The van der Waals surface area contributed by atoms with Gasteiger partial charge in [-0.25, -0.2) is 0 Å². The predicted octanol–water partition coefficient (Wildman–Crippen LogP) is 0.861. The molecule has 22 heavy (non-hydrogen) atoms. The third-order valence-electron chi connectivity index (χ3n) is 2.73. The summed E-state index contributed by atoms with van der Waals surface area (Å²) in [6, 6.07) is 11.6. The van der Waals surface area contributed by atoms with Gasteiger partial charge in [0.05, 0.1) is 6.26 Å². The lowest BCUT2D eigenvalue weighted by molar-refractivity contribution is -0.121. The Bertz CT molecular complexity index is 638. The van der Waals surface area contributed by atoms with Gasteiger partial charge in [0.25, 0.3) is 11.8 Å². The molecule has 0 saturated heterocycles. The Kier molecular flexibility index (Phi) is 5.31. The first-order valence-electron chi connectivity index (χ1n) is 6.63. The normalized spacial score (nSPS) is 9.82. The molecule has 0 atom stereocenters. The zero-order chi connectivity index (χ0) is 15.8. The zero-order valence-corrected chi connectivity index (χ0v) is 11.7. The van der Waals surface area contributed by atoms with E-state index in [1.54, 1.807) is 36.4 Å². The highest BCUT2D eigenvalue weighted by atomic mass is 16.3. The Labute approximate surface area is 126 Å². The number of carbonyl (C=O) groups excluding carboxylic acids is 3. The number of benzene rings is 1. The second-order valence-electron chi connectivity index (χ2n) is 4.35. The number of carbonyl (C=O) groups is 3. The molecular weight excluding hydrogens is 286 g/mol. The lowest BCUT2D eigenvalue weighted by Crippen LogP contribution is -2.42. The molecule has 0 aliphatic heterocycles. The van der Waals surface area contributed by atoms with Gasteiger partial charge in [-0.1, -0.05) is 18.2 Å². The van der Waals surface area contributed by atoms with E-state index in [0.29, 0.717) is 5.56 Å². The van der Waals surface area contributed by atoms with E-state index in [1.165, 1.54) is 12.3 Å². The number of nitrogens with one attached hydrogen (secondary N) is 3. The topological polar surface area (TPSA) is 100 Å². The second-order valence-corrected chi connectivity index (χ2v) is 4.35. The van der Waals surface area contributed by atoms with Crippen LogP contribution >= 0.6 is 0 Å². The van der Waals surface area contributed by atoms with E-state index < -0.39 is 17.7 Å². The SMILES string of the molecule is O=C(CCNC(=O)c1ccco1)NNC(=O)c1ccccc1. The summed E-state index contributed by atoms with van der Waals surface area (Å²) in [5.41, 5.74) is 5.01. The molecule has 3 amide bonds. The molecule has 0 aliphatic carbocycles. The van der Waals surface area contributed by atoms with E-state index >= 15 is 0 Å². The minimum atomic E-state index is -0.413. The van der Waals surface area contributed by atoms with Gasteiger partial charge in [0.2, 0.25) is 5.91 Å². The molecular formula is C15H15N3O4. The molecule has 7 nitrogen and oxygen atoms in total. The minimum Gasteiger partial charge on any atom is -0.459 e. The van der Waals surface area contributed by atoms with Gasteiger partial charge in [0, 0.05) is 18.5 Å². The van der Waals surface area contributed by atoms with Crippen LogP contribution < -0.4 is 16.2 Å².